The van der Waals surface area contributed by atoms with Crippen LogP contribution in [0.1, 0.15) is 22.5 Å². The van der Waals surface area contributed by atoms with E-state index in [2.05, 4.69) is 40.2 Å². The lowest BCUT2D eigenvalue weighted by molar-refractivity contribution is 0.140. The number of aromatic nitrogens is 2. The lowest BCUT2D eigenvalue weighted by Gasteiger charge is -2.22. The van der Waals surface area contributed by atoms with Crippen molar-refractivity contribution < 1.29 is 14.6 Å². The monoisotopic (exact) mass is 343 g/mol. The molecule has 0 saturated carbocycles. The van der Waals surface area contributed by atoms with Gasteiger partial charge in [-0.25, -0.2) is 0 Å². The third kappa shape index (κ3) is 3.50. The SMILES string of the molecule is Cc1cc(CC2CN(Cc3cc4c(cc3C)OCCO4)CC2O)n[nH]1. The lowest BCUT2D eigenvalue weighted by Crippen LogP contribution is -2.22. The molecular formula is C19H25N3O3. The van der Waals surface area contributed by atoms with Gasteiger partial charge in [-0.2, -0.15) is 5.10 Å². The van der Waals surface area contributed by atoms with E-state index in [1.54, 1.807) is 0 Å². The van der Waals surface area contributed by atoms with Gasteiger partial charge in [0.05, 0.1) is 11.8 Å². The number of β-amino-alcohol motifs (C(OH)–C–C–N with tert-alkyl or cyclic N) is 1. The fourth-order valence-corrected chi connectivity index (χ4v) is 3.76. The molecule has 25 heavy (non-hydrogen) atoms. The van der Waals surface area contributed by atoms with E-state index < -0.39 is 0 Å². The van der Waals surface area contributed by atoms with Crippen LogP contribution < -0.4 is 9.47 Å². The molecule has 0 amide bonds. The molecule has 0 aliphatic carbocycles. The van der Waals surface area contributed by atoms with Crippen molar-refractivity contribution >= 4 is 0 Å². The minimum Gasteiger partial charge on any atom is -0.486 e. The normalized spacial score (nSPS) is 23.2. The molecule has 2 unspecified atom stereocenters. The molecule has 1 saturated heterocycles. The van der Waals surface area contributed by atoms with Crippen LogP contribution in [0.5, 0.6) is 11.5 Å². The van der Waals surface area contributed by atoms with Gasteiger partial charge in [0.2, 0.25) is 0 Å². The van der Waals surface area contributed by atoms with E-state index in [0.717, 1.165) is 42.4 Å². The maximum atomic E-state index is 10.4. The number of aliphatic hydroxyl groups is 1. The maximum Gasteiger partial charge on any atom is 0.161 e. The van der Waals surface area contributed by atoms with Crippen molar-refractivity contribution in [3.8, 4) is 11.5 Å². The summed E-state index contributed by atoms with van der Waals surface area (Å²) in [6.45, 7) is 7.70. The van der Waals surface area contributed by atoms with Gasteiger partial charge >= 0.3 is 0 Å². The number of ether oxygens (including phenoxy) is 2. The van der Waals surface area contributed by atoms with E-state index in [1.165, 1.54) is 11.1 Å². The number of aromatic amines is 1. The zero-order valence-electron chi connectivity index (χ0n) is 14.8. The van der Waals surface area contributed by atoms with Crippen LogP contribution >= 0.6 is 0 Å². The summed E-state index contributed by atoms with van der Waals surface area (Å²) in [5.74, 6) is 1.89. The second-order valence-electron chi connectivity index (χ2n) is 7.19. The van der Waals surface area contributed by atoms with Crippen molar-refractivity contribution in [1.82, 2.24) is 15.1 Å². The number of nitrogens with zero attached hydrogens (tertiary/aromatic N) is 2. The largest absolute Gasteiger partial charge is 0.486 e. The molecule has 1 aromatic carbocycles. The Morgan fingerprint density at radius 2 is 1.92 bits per heavy atom. The first-order valence-corrected chi connectivity index (χ1v) is 8.89. The second kappa shape index (κ2) is 6.69. The van der Waals surface area contributed by atoms with Gasteiger partial charge in [0.25, 0.3) is 0 Å². The number of hydrogen-bond donors (Lipinski definition) is 2. The molecule has 134 valence electrons. The van der Waals surface area contributed by atoms with E-state index in [1.807, 2.05) is 6.92 Å². The van der Waals surface area contributed by atoms with Gasteiger partial charge < -0.3 is 14.6 Å². The summed E-state index contributed by atoms with van der Waals surface area (Å²) >= 11 is 0. The lowest BCUT2D eigenvalue weighted by atomic mass is 10.00. The molecule has 2 atom stereocenters. The molecule has 4 rings (SSSR count). The first-order valence-electron chi connectivity index (χ1n) is 8.89. The number of nitrogens with one attached hydrogen (secondary N) is 1. The molecule has 2 aromatic rings. The quantitative estimate of drug-likeness (QED) is 0.886. The Morgan fingerprint density at radius 1 is 1.16 bits per heavy atom. The number of aryl methyl sites for hydroxylation is 2. The highest BCUT2D eigenvalue weighted by Gasteiger charge is 2.32. The van der Waals surface area contributed by atoms with E-state index in [0.29, 0.717) is 19.8 Å². The van der Waals surface area contributed by atoms with Crippen LogP contribution in [0.4, 0.5) is 0 Å². The summed E-state index contributed by atoms with van der Waals surface area (Å²) in [6, 6.07) is 6.20. The number of hydrogen-bond acceptors (Lipinski definition) is 5. The Balaban J connectivity index is 1.43. The van der Waals surface area contributed by atoms with Crippen molar-refractivity contribution in [2.24, 2.45) is 5.92 Å². The molecule has 0 radical (unpaired) electrons. The van der Waals surface area contributed by atoms with Gasteiger partial charge in [-0.05, 0) is 49.6 Å². The van der Waals surface area contributed by atoms with Crippen molar-refractivity contribution in [2.75, 3.05) is 26.3 Å². The topological polar surface area (TPSA) is 70.6 Å². The fraction of sp³-hybridized carbons (Fsp3) is 0.526. The van der Waals surface area contributed by atoms with Crippen LogP contribution in [-0.4, -0.2) is 52.6 Å². The molecule has 2 aliphatic rings. The van der Waals surface area contributed by atoms with Gasteiger partial charge in [0.15, 0.2) is 11.5 Å². The standard InChI is InChI=1S/C19H25N3O3/c1-12-5-18-19(25-4-3-24-18)8-14(12)9-22-10-15(17(23)11-22)7-16-6-13(2)20-21-16/h5-6,8,15,17,23H,3-4,7,9-11H2,1-2H3,(H,20,21). The number of aliphatic hydroxyl groups excluding tert-OH is 1. The van der Waals surface area contributed by atoms with Crippen molar-refractivity contribution in [1.29, 1.82) is 0 Å². The summed E-state index contributed by atoms with van der Waals surface area (Å²) in [5.41, 5.74) is 4.52. The zero-order chi connectivity index (χ0) is 17.4. The average molecular weight is 343 g/mol. The summed E-state index contributed by atoms with van der Waals surface area (Å²) in [7, 11) is 0. The summed E-state index contributed by atoms with van der Waals surface area (Å²) < 4.78 is 11.3. The molecule has 0 bridgehead atoms. The Kier molecular flexibility index (Phi) is 4.39. The maximum absolute atomic E-state index is 10.4. The van der Waals surface area contributed by atoms with Gasteiger partial charge in [-0.3, -0.25) is 10.00 Å². The minimum absolute atomic E-state index is 0.222. The number of benzene rings is 1. The smallest absolute Gasteiger partial charge is 0.161 e. The average Bonchev–Trinajstić information content (AvgIpc) is 3.14. The first kappa shape index (κ1) is 16.4. The van der Waals surface area contributed by atoms with Gasteiger partial charge in [-0.15, -0.1) is 0 Å². The Hall–Kier alpha value is -2.05. The molecule has 0 spiro atoms. The third-order valence-electron chi connectivity index (χ3n) is 5.11. The molecule has 2 aliphatic heterocycles. The second-order valence-corrected chi connectivity index (χ2v) is 7.19. The highest BCUT2D eigenvalue weighted by atomic mass is 16.6. The minimum atomic E-state index is -0.311. The highest BCUT2D eigenvalue weighted by molar-refractivity contribution is 5.47. The summed E-state index contributed by atoms with van der Waals surface area (Å²) in [5, 5.41) is 17.7. The van der Waals surface area contributed by atoms with Crippen LogP contribution in [-0.2, 0) is 13.0 Å². The highest BCUT2D eigenvalue weighted by Crippen LogP contribution is 2.34. The Labute approximate surface area is 147 Å². The number of H-pyrrole nitrogens is 1. The summed E-state index contributed by atoms with van der Waals surface area (Å²) in [6.07, 6.45) is 0.497. The third-order valence-corrected chi connectivity index (χ3v) is 5.11. The van der Waals surface area contributed by atoms with Crippen molar-refractivity contribution in [2.45, 2.75) is 32.9 Å². The molecule has 2 N–H and O–H groups in total. The number of likely N-dealkylation sites (tertiary alicyclic amines) is 1. The Morgan fingerprint density at radius 3 is 2.64 bits per heavy atom. The van der Waals surface area contributed by atoms with E-state index in [4.69, 9.17) is 9.47 Å². The summed E-state index contributed by atoms with van der Waals surface area (Å²) in [4.78, 5) is 2.31. The first-order chi connectivity index (χ1) is 12.1. The molecule has 6 nitrogen and oxygen atoms in total. The molecule has 6 heteroatoms. The van der Waals surface area contributed by atoms with Crippen molar-refractivity contribution in [3.63, 3.8) is 0 Å². The number of rotatable bonds is 4. The molecule has 3 heterocycles. The predicted molar refractivity (Wildman–Crippen MR) is 94.0 cm³/mol. The van der Waals surface area contributed by atoms with Crippen molar-refractivity contribution in [3.05, 3.63) is 40.7 Å². The Bertz CT molecular complexity index is 758. The van der Waals surface area contributed by atoms with Crippen LogP contribution in [0.15, 0.2) is 18.2 Å². The zero-order valence-corrected chi connectivity index (χ0v) is 14.8. The van der Waals surface area contributed by atoms with Crippen LogP contribution in [0.2, 0.25) is 0 Å². The predicted octanol–water partition coefficient (Wildman–Crippen LogP) is 1.83. The van der Waals surface area contributed by atoms with Crippen LogP contribution in [0.3, 0.4) is 0 Å². The van der Waals surface area contributed by atoms with E-state index in [9.17, 15) is 5.11 Å². The number of fused-ring (bicyclic) bond motifs is 1. The molecule has 1 fully saturated rings. The molecular weight excluding hydrogens is 318 g/mol. The van der Waals surface area contributed by atoms with Crippen LogP contribution in [0, 0.1) is 19.8 Å². The van der Waals surface area contributed by atoms with E-state index >= 15 is 0 Å². The van der Waals surface area contributed by atoms with E-state index in [-0.39, 0.29) is 12.0 Å². The van der Waals surface area contributed by atoms with Gasteiger partial charge in [0, 0.05) is 31.2 Å². The fourth-order valence-electron chi connectivity index (χ4n) is 3.76. The van der Waals surface area contributed by atoms with Gasteiger partial charge in [-0.1, -0.05) is 0 Å². The molecule has 1 aromatic heterocycles. The van der Waals surface area contributed by atoms with Gasteiger partial charge in [0.1, 0.15) is 13.2 Å². The van der Waals surface area contributed by atoms with Crippen LogP contribution in [0.25, 0.3) is 0 Å².